The fraction of sp³-hybridized carbons (Fsp3) is 0.294. The molecule has 1 nitrogen and oxygen atoms in total. The van der Waals surface area contributed by atoms with Gasteiger partial charge in [0, 0.05) is 28.7 Å². The molecule has 0 heterocycles. The monoisotopic (exact) mass is 309 g/mol. The number of nitrogens with one attached hydrogen (secondary N) is 1. The van der Waals surface area contributed by atoms with E-state index in [0.29, 0.717) is 23.2 Å². The van der Waals surface area contributed by atoms with E-state index in [2.05, 4.69) is 19.2 Å². The Bertz CT molecular complexity index is 653. The molecule has 112 valence electrons. The SMILES string of the molecule is Cc1ccc(-c2ccc(CNC(C)C)cc2Cl)c(F)c1F. The summed E-state index contributed by atoms with van der Waals surface area (Å²) in [4.78, 5) is 0. The van der Waals surface area contributed by atoms with Gasteiger partial charge in [-0.1, -0.05) is 49.7 Å². The maximum atomic E-state index is 14.0. The molecule has 2 aromatic carbocycles. The van der Waals surface area contributed by atoms with Gasteiger partial charge in [-0.15, -0.1) is 0 Å². The predicted molar refractivity (Wildman–Crippen MR) is 83.5 cm³/mol. The molecule has 0 aromatic heterocycles. The van der Waals surface area contributed by atoms with E-state index in [1.165, 1.54) is 6.92 Å². The number of halogens is 3. The van der Waals surface area contributed by atoms with Crippen molar-refractivity contribution in [3.05, 3.63) is 58.1 Å². The third kappa shape index (κ3) is 3.60. The van der Waals surface area contributed by atoms with Gasteiger partial charge in [-0.05, 0) is 24.1 Å². The molecule has 4 heteroatoms. The Balaban J connectivity index is 2.35. The Hall–Kier alpha value is -1.45. The molecule has 21 heavy (non-hydrogen) atoms. The van der Waals surface area contributed by atoms with Crippen molar-refractivity contribution in [2.75, 3.05) is 0 Å². The molecule has 0 unspecified atom stereocenters. The minimum absolute atomic E-state index is 0.187. The van der Waals surface area contributed by atoms with Crippen molar-refractivity contribution in [1.82, 2.24) is 5.32 Å². The Kier molecular flexibility index (Phi) is 4.96. The minimum atomic E-state index is -0.857. The summed E-state index contributed by atoms with van der Waals surface area (Å²) in [7, 11) is 0. The second-order valence-corrected chi connectivity index (χ2v) is 5.81. The van der Waals surface area contributed by atoms with Crippen LogP contribution in [0.1, 0.15) is 25.0 Å². The molecule has 0 aliphatic rings. The van der Waals surface area contributed by atoms with Crippen LogP contribution in [0.3, 0.4) is 0 Å². The second kappa shape index (κ2) is 6.54. The van der Waals surface area contributed by atoms with Gasteiger partial charge < -0.3 is 5.32 Å². The third-order valence-corrected chi connectivity index (χ3v) is 3.63. The van der Waals surface area contributed by atoms with E-state index in [-0.39, 0.29) is 11.1 Å². The first kappa shape index (κ1) is 15.9. The first-order valence-corrected chi connectivity index (χ1v) is 7.24. The number of rotatable bonds is 4. The lowest BCUT2D eigenvalue weighted by atomic mass is 10.0. The highest BCUT2D eigenvalue weighted by Crippen LogP contribution is 2.32. The van der Waals surface area contributed by atoms with E-state index in [1.54, 1.807) is 24.3 Å². The smallest absolute Gasteiger partial charge is 0.166 e. The molecule has 2 aromatic rings. The van der Waals surface area contributed by atoms with E-state index in [9.17, 15) is 8.78 Å². The van der Waals surface area contributed by atoms with Crippen LogP contribution >= 0.6 is 11.6 Å². The van der Waals surface area contributed by atoms with E-state index >= 15 is 0 Å². The Morgan fingerprint density at radius 2 is 1.71 bits per heavy atom. The Morgan fingerprint density at radius 3 is 2.33 bits per heavy atom. The molecular weight excluding hydrogens is 292 g/mol. The van der Waals surface area contributed by atoms with Gasteiger partial charge in [-0.2, -0.15) is 0 Å². The van der Waals surface area contributed by atoms with Crippen LogP contribution in [-0.2, 0) is 6.54 Å². The lowest BCUT2D eigenvalue weighted by Gasteiger charge is -2.12. The molecule has 0 aliphatic carbocycles. The van der Waals surface area contributed by atoms with E-state index in [4.69, 9.17) is 11.6 Å². The van der Waals surface area contributed by atoms with Gasteiger partial charge in [0.25, 0.3) is 0 Å². The van der Waals surface area contributed by atoms with Gasteiger partial charge >= 0.3 is 0 Å². The standard InChI is InChI=1S/C17H18ClF2N/c1-10(2)21-9-12-5-7-13(15(18)8-12)14-6-4-11(3)16(19)17(14)20/h4-8,10,21H,9H2,1-3H3. The van der Waals surface area contributed by atoms with Crippen molar-refractivity contribution in [2.45, 2.75) is 33.4 Å². The number of benzene rings is 2. The van der Waals surface area contributed by atoms with Crippen LogP contribution < -0.4 is 5.32 Å². The van der Waals surface area contributed by atoms with Crippen LogP contribution in [0.5, 0.6) is 0 Å². The number of hydrogen-bond acceptors (Lipinski definition) is 1. The highest BCUT2D eigenvalue weighted by Gasteiger charge is 2.15. The van der Waals surface area contributed by atoms with Gasteiger partial charge in [0.05, 0.1) is 0 Å². The van der Waals surface area contributed by atoms with E-state index < -0.39 is 11.6 Å². The molecule has 0 spiro atoms. The molecule has 0 aliphatic heterocycles. The minimum Gasteiger partial charge on any atom is -0.310 e. The molecule has 0 atom stereocenters. The molecular formula is C17H18ClF2N. The van der Waals surface area contributed by atoms with Crippen LogP contribution in [-0.4, -0.2) is 6.04 Å². The van der Waals surface area contributed by atoms with Crippen molar-refractivity contribution in [3.63, 3.8) is 0 Å². The highest BCUT2D eigenvalue weighted by atomic mass is 35.5. The van der Waals surface area contributed by atoms with Crippen molar-refractivity contribution in [1.29, 1.82) is 0 Å². The van der Waals surface area contributed by atoms with Gasteiger partial charge in [-0.25, -0.2) is 8.78 Å². The zero-order chi connectivity index (χ0) is 15.6. The molecule has 0 saturated heterocycles. The molecule has 0 amide bonds. The molecule has 1 N–H and O–H groups in total. The first-order chi connectivity index (χ1) is 9.90. The average molecular weight is 310 g/mol. The van der Waals surface area contributed by atoms with Crippen LogP contribution in [0.4, 0.5) is 8.78 Å². The largest absolute Gasteiger partial charge is 0.310 e. The van der Waals surface area contributed by atoms with Gasteiger partial charge in [0.15, 0.2) is 11.6 Å². The number of hydrogen-bond donors (Lipinski definition) is 1. The van der Waals surface area contributed by atoms with Crippen molar-refractivity contribution in [2.24, 2.45) is 0 Å². The Labute approximate surface area is 128 Å². The quantitative estimate of drug-likeness (QED) is 0.829. The summed E-state index contributed by atoms with van der Waals surface area (Å²) in [6.45, 7) is 6.33. The summed E-state index contributed by atoms with van der Waals surface area (Å²) in [6.07, 6.45) is 0. The fourth-order valence-corrected chi connectivity index (χ4v) is 2.37. The van der Waals surface area contributed by atoms with Crippen LogP contribution in [0.25, 0.3) is 11.1 Å². The summed E-state index contributed by atoms with van der Waals surface area (Å²) >= 11 is 6.23. The summed E-state index contributed by atoms with van der Waals surface area (Å²) in [5.41, 5.74) is 1.98. The summed E-state index contributed by atoms with van der Waals surface area (Å²) in [6, 6.07) is 8.86. The highest BCUT2D eigenvalue weighted by molar-refractivity contribution is 6.33. The first-order valence-electron chi connectivity index (χ1n) is 6.87. The van der Waals surface area contributed by atoms with Gasteiger partial charge in [0.1, 0.15) is 0 Å². The Morgan fingerprint density at radius 1 is 1.05 bits per heavy atom. The molecule has 0 saturated carbocycles. The van der Waals surface area contributed by atoms with Crippen molar-refractivity contribution >= 4 is 11.6 Å². The average Bonchev–Trinajstić information content (AvgIpc) is 2.44. The van der Waals surface area contributed by atoms with Gasteiger partial charge in [0.2, 0.25) is 0 Å². The second-order valence-electron chi connectivity index (χ2n) is 5.41. The normalized spacial score (nSPS) is 11.2. The van der Waals surface area contributed by atoms with Crippen LogP contribution in [0, 0.1) is 18.6 Å². The maximum absolute atomic E-state index is 14.0. The molecule has 0 fully saturated rings. The molecule has 2 rings (SSSR count). The van der Waals surface area contributed by atoms with Crippen LogP contribution in [0.15, 0.2) is 30.3 Å². The summed E-state index contributed by atoms with van der Waals surface area (Å²) in [5, 5.41) is 3.70. The van der Waals surface area contributed by atoms with Gasteiger partial charge in [-0.3, -0.25) is 0 Å². The lowest BCUT2D eigenvalue weighted by molar-refractivity contribution is 0.505. The fourth-order valence-electron chi connectivity index (χ4n) is 2.06. The molecule has 0 bridgehead atoms. The summed E-state index contributed by atoms with van der Waals surface area (Å²) < 4.78 is 27.7. The maximum Gasteiger partial charge on any atom is 0.166 e. The third-order valence-electron chi connectivity index (χ3n) is 3.31. The van der Waals surface area contributed by atoms with E-state index in [0.717, 1.165) is 5.56 Å². The number of aryl methyl sites for hydroxylation is 1. The van der Waals surface area contributed by atoms with E-state index in [1.807, 2.05) is 6.07 Å². The lowest BCUT2D eigenvalue weighted by Crippen LogP contribution is -2.21. The summed E-state index contributed by atoms with van der Waals surface area (Å²) in [5.74, 6) is -1.68. The topological polar surface area (TPSA) is 12.0 Å². The van der Waals surface area contributed by atoms with Crippen molar-refractivity contribution < 1.29 is 8.78 Å². The van der Waals surface area contributed by atoms with Crippen molar-refractivity contribution in [3.8, 4) is 11.1 Å². The predicted octanol–water partition coefficient (Wildman–Crippen LogP) is 5.09. The molecule has 0 radical (unpaired) electrons. The zero-order valence-corrected chi connectivity index (χ0v) is 13.1. The zero-order valence-electron chi connectivity index (χ0n) is 12.3. The van der Waals surface area contributed by atoms with Crippen LogP contribution in [0.2, 0.25) is 5.02 Å².